The molecule has 0 bridgehead atoms. The summed E-state index contributed by atoms with van der Waals surface area (Å²) in [5.41, 5.74) is 0.0142. The first-order valence-corrected chi connectivity index (χ1v) is 8.14. The quantitative estimate of drug-likeness (QED) is 0.753. The predicted octanol–water partition coefficient (Wildman–Crippen LogP) is 3.03. The molecule has 1 N–H and O–H groups in total. The van der Waals surface area contributed by atoms with Crippen molar-refractivity contribution in [3.63, 3.8) is 0 Å². The number of rotatable bonds is 4. The van der Waals surface area contributed by atoms with E-state index in [1.54, 1.807) is 30.7 Å². The summed E-state index contributed by atoms with van der Waals surface area (Å²) >= 11 is 0. The van der Waals surface area contributed by atoms with Crippen molar-refractivity contribution in [2.45, 2.75) is 12.1 Å². The maximum Gasteiger partial charge on any atom is 0.416 e. The van der Waals surface area contributed by atoms with Gasteiger partial charge in [0.05, 0.1) is 11.3 Å². The van der Waals surface area contributed by atoms with E-state index in [0.717, 1.165) is 24.0 Å². The molecule has 10 heteroatoms. The summed E-state index contributed by atoms with van der Waals surface area (Å²) in [6.45, 7) is 1.42. The van der Waals surface area contributed by atoms with Crippen LogP contribution in [0.25, 0.3) is 0 Å². The molecule has 27 heavy (non-hydrogen) atoms. The van der Waals surface area contributed by atoms with Crippen molar-refractivity contribution in [2.24, 2.45) is 0 Å². The van der Waals surface area contributed by atoms with Gasteiger partial charge in [0.15, 0.2) is 0 Å². The van der Waals surface area contributed by atoms with Crippen LogP contribution in [0.3, 0.4) is 0 Å². The number of anilines is 3. The molecule has 3 aromatic heterocycles. The van der Waals surface area contributed by atoms with Gasteiger partial charge in [-0.25, -0.2) is 24.9 Å². The first kappa shape index (κ1) is 17.1. The van der Waals surface area contributed by atoms with E-state index in [2.05, 4.69) is 30.2 Å². The highest BCUT2D eigenvalue weighted by Crippen LogP contribution is 2.31. The molecule has 3 aromatic rings. The standard InChI is InChI=1S/C17H14F3N7/c18-17(19,20)12-2-6-21-14(8-12)26-15-22-7-3-13(25-15)11-9-27(10-11)16-23-4-1-5-24-16/h1-8,11H,9-10H2,(H,21,22,25,26). The van der Waals surface area contributed by atoms with Gasteiger partial charge in [-0.2, -0.15) is 13.2 Å². The Balaban J connectivity index is 1.45. The van der Waals surface area contributed by atoms with Crippen molar-refractivity contribution in [1.29, 1.82) is 0 Å². The van der Waals surface area contributed by atoms with Crippen LogP contribution in [0.4, 0.5) is 30.9 Å². The van der Waals surface area contributed by atoms with Crippen LogP contribution in [0.5, 0.6) is 0 Å². The number of alkyl halides is 3. The normalized spacial score (nSPS) is 14.7. The molecule has 4 heterocycles. The second-order valence-electron chi connectivity index (χ2n) is 6.01. The van der Waals surface area contributed by atoms with Crippen molar-refractivity contribution in [1.82, 2.24) is 24.9 Å². The molecular formula is C17H14F3N7. The topological polar surface area (TPSA) is 79.7 Å². The Morgan fingerprint density at radius 1 is 0.963 bits per heavy atom. The molecule has 0 unspecified atom stereocenters. The molecule has 0 aromatic carbocycles. The smallest absolute Gasteiger partial charge is 0.339 e. The number of nitrogens with zero attached hydrogens (tertiary/aromatic N) is 6. The fourth-order valence-electron chi connectivity index (χ4n) is 2.73. The summed E-state index contributed by atoms with van der Waals surface area (Å²) in [6.07, 6.45) is 1.60. The fraction of sp³-hybridized carbons (Fsp3) is 0.235. The van der Waals surface area contributed by atoms with Gasteiger partial charge >= 0.3 is 6.18 Å². The van der Waals surface area contributed by atoms with E-state index in [0.29, 0.717) is 19.0 Å². The lowest BCUT2D eigenvalue weighted by Crippen LogP contribution is -2.46. The molecule has 1 fully saturated rings. The van der Waals surface area contributed by atoms with Crippen molar-refractivity contribution in [2.75, 3.05) is 23.3 Å². The van der Waals surface area contributed by atoms with Gasteiger partial charge in [-0.3, -0.25) is 0 Å². The van der Waals surface area contributed by atoms with E-state index < -0.39 is 11.7 Å². The van der Waals surface area contributed by atoms with E-state index >= 15 is 0 Å². The van der Waals surface area contributed by atoms with Gasteiger partial charge in [-0.05, 0) is 24.3 Å². The van der Waals surface area contributed by atoms with Crippen molar-refractivity contribution in [3.8, 4) is 0 Å². The highest BCUT2D eigenvalue weighted by atomic mass is 19.4. The van der Waals surface area contributed by atoms with Crippen LogP contribution >= 0.6 is 0 Å². The zero-order valence-corrected chi connectivity index (χ0v) is 13.9. The van der Waals surface area contributed by atoms with Crippen LogP contribution in [0.15, 0.2) is 49.1 Å². The zero-order valence-electron chi connectivity index (χ0n) is 13.9. The fourth-order valence-corrected chi connectivity index (χ4v) is 2.73. The molecule has 1 saturated heterocycles. The van der Waals surface area contributed by atoms with E-state index in [4.69, 9.17) is 0 Å². The summed E-state index contributed by atoms with van der Waals surface area (Å²) in [6, 6.07) is 5.38. The summed E-state index contributed by atoms with van der Waals surface area (Å²) in [4.78, 5) is 22.8. The van der Waals surface area contributed by atoms with Crippen LogP contribution in [0.1, 0.15) is 17.2 Å². The first-order chi connectivity index (χ1) is 13.0. The van der Waals surface area contributed by atoms with Gasteiger partial charge in [-0.15, -0.1) is 0 Å². The molecule has 0 spiro atoms. The maximum atomic E-state index is 12.8. The zero-order chi connectivity index (χ0) is 18.9. The maximum absolute atomic E-state index is 12.8. The SMILES string of the molecule is FC(F)(F)c1ccnc(Nc2nccc(C3CN(c4ncccn4)C3)n2)c1. The Labute approximate surface area is 152 Å². The van der Waals surface area contributed by atoms with E-state index in [-0.39, 0.29) is 17.7 Å². The summed E-state index contributed by atoms with van der Waals surface area (Å²) in [5, 5.41) is 2.73. The number of halogens is 3. The van der Waals surface area contributed by atoms with Crippen LogP contribution in [-0.2, 0) is 6.18 Å². The van der Waals surface area contributed by atoms with Crippen LogP contribution < -0.4 is 10.2 Å². The Morgan fingerprint density at radius 3 is 2.44 bits per heavy atom. The molecule has 0 saturated carbocycles. The Bertz CT molecular complexity index is 927. The highest BCUT2D eigenvalue weighted by molar-refractivity contribution is 5.49. The van der Waals surface area contributed by atoms with E-state index in [1.165, 1.54) is 0 Å². The van der Waals surface area contributed by atoms with Gasteiger partial charge in [0.2, 0.25) is 11.9 Å². The number of aromatic nitrogens is 5. The number of hydrogen-bond donors (Lipinski definition) is 1. The number of hydrogen-bond acceptors (Lipinski definition) is 7. The van der Waals surface area contributed by atoms with E-state index in [9.17, 15) is 13.2 Å². The highest BCUT2D eigenvalue weighted by Gasteiger charge is 2.32. The third-order valence-corrected chi connectivity index (χ3v) is 4.14. The lowest BCUT2D eigenvalue weighted by atomic mass is 9.96. The van der Waals surface area contributed by atoms with Crippen molar-refractivity contribution >= 4 is 17.7 Å². The number of pyridine rings is 1. The second-order valence-corrected chi connectivity index (χ2v) is 6.01. The van der Waals surface area contributed by atoms with Crippen LogP contribution in [-0.4, -0.2) is 38.0 Å². The minimum absolute atomic E-state index is 0.0369. The van der Waals surface area contributed by atoms with Gasteiger partial charge in [-0.1, -0.05) is 0 Å². The minimum atomic E-state index is -4.43. The first-order valence-electron chi connectivity index (χ1n) is 8.14. The van der Waals surface area contributed by atoms with Crippen LogP contribution in [0, 0.1) is 0 Å². The van der Waals surface area contributed by atoms with Gasteiger partial charge in [0.25, 0.3) is 0 Å². The van der Waals surface area contributed by atoms with Gasteiger partial charge in [0, 0.05) is 43.8 Å². The third-order valence-electron chi connectivity index (χ3n) is 4.14. The Hall–Kier alpha value is -3.30. The Morgan fingerprint density at radius 2 is 1.70 bits per heavy atom. The molecule has 1 aliphatic heterocycles. The molecule has 0 atom stereocenters. The molecular weight excluding hydrogens is 359 g/mol. The van der Waals surface area contributed by atoms with Crippen molar-refractivity contribution in [3.05, 3.63) is 60.3 Å². The number of nitrogens with one attached hydrogen (secondary N) is 1. The molecule has 0 radical (unpaired) electrons. The van der Waals surface area contributed by atoms with Crippen LogP contribution in [0.2, 0.25) is 0 Å². The second kappa shape index (κ2) is 6.78. The minimum Gasteiger partial charge on any atom is -0.339 e. The van der Waals surface area contributed by atoms with Crippen molar-refractivity contribution < 1.29 is 13.2 Å². The van der Waals surface area contributed by atoms with Gasteiger partial charge in [0.1, 0.15) is 5.82 Å². The summed E-state index contributed by atoms with van der Waals surface area (Å²) in [5.74, 6) is 1.07. The lowest BCUT2D eigenvalue weighted by molar-refractivity contribution is -0.137. The lowest BCUT2D eigenvalue weighted by Gasteiger charge is -2.38. The molecule has 1 aliphatic rings. The Kier molecular flexibility index (Phi) is 4.30. The molecule has 7 nitrogen and oxygen atoms in total. The summed E-state index contributed by atoms with van der Waals surface area (Å²) in [7, 11) is 0. The molecule has 4 rings (SSSR count). The average Bonchev–Trinajstić information content (AvgIpc) is 2.61. The third kappa shape index (κ3) is 3.78. The van der Waals surface area contributed by atoms with Gasteiger partial charge < -0.3 is 10.2 Å². The predicted molar refractivity (Wildman–Crippen MR) is 91.5 cm³/mol. The molecule has 0 amide bonds. The monoisotopic (exact) mass is 373 g/mol. The summed E-state index contributed by atoms with van der Waals surface area (Å²) < 4.78 is 38.4. The largest absolute Gasteiger partial charge is 0.416 e. The molecule has 0 aliphatic carbocycles. The molecule has 138 valence electrons. The average molecular weight is 373 g/mol. The van der Waals surface area contributed by atoms with E-state index in [1.807, 2.05) is 4.90 Å².